The van der Waals surface area contributed by atoms with Crippen molar-refractivity contribution in [3.05, 3.63) is 243 Å². The van der Waals surface area contributed by atoms with Crippen molar-refractivity contribution in [1.29, 1.82) is 0 Å². The second-order valence-corrected chi connectivity index (χ2v) is 17.9. The first kappa shape index (κ1) is 39.0. The predicted molar refractivity (Wildman–Crippen MR) is 289 cm³/mol. The number of aromatic nitrogens is 4. The third-order valence-electron chi connectivity index (χ3n) is 14.0. The molecular formula is C65H40N4. The van der Waals surface area contributed by atoms with Crippen molar-refractivity contribution in [2.45, 2.75) is 0 Å². The Labute approximate surface area is 398 Å². The molecule has 69 heavy (non-hydrogen) atoms. The summed E-state index contributed by atoms with van der Waals surface area (Å²) in [6.45, 7) is 0. The molecule has 14 aromatic rings. The Hall–Kier alpha value is -9.25. The predicted octanol–water partition coefficient (Wildman–Crippen LogP) is 17.1. The maximum atomic E-state index is 5.33. The van der Waals surface area contributed by atoms with E-state index >= 15 is 0 Å². The number of benzene rings is 11. The standard InChI is InChI=1S/C65H40N4/c1-2-15-43(16-3-1)61-51-20-8-10-22-53(51)62(54-23-11-9-21-52(54)61)55-36-39-59(50-19-7-6-18-49(50)55)69-60-25-13-12-24-58(60)68-65(69)46-31-27-42(28-32-46)56-37-34-44-29-30-45-35-38-57(67-64(45)63(44)66-56)48-33-26-41-14-4-5-17-47(41)40-48/h1-40H. The summed E-state index contributed by atoms with van der Waals surface area (Å²) in [4.78, 5) is 15.9. The third-order valence-corrected chi connectivity index (χ3v) is 14.0. The zero-order chi connectivity index (χ0) is 45.4. The van der Waals surface area contributed by atoms with Crippen LogP contribution in [0.1, 0.15) is 0 Å². The van der Waals surface area contributed by atoms with E-state index in [2.05, 4.69) is 247 Å². The molecule has 3 aromatic heterocycles. The van der Waals surface area contributed by atoms with Gasteiger partial charge >= 0.3 is 0 Å². The molecule has 3 heterocycles. The minimum Gasteiger partial charge on any atom is -0.292 e. The van der Waals surface area contributed by atoms with Gasteiger partial charge in [0.15, 0.2) is 0 Å². The van der Waals surface area contributed by atoms with Gasteiger partial charge in [0.05, 0.1) is 39.1 Å². The lowest BCUT2D eigenvalue weighted by Crippen LogP contribution is -2.00. The van der Waals surface area contributed by atoms with Crippen LogP contribution in [0.25, 0.3) is 138 Å². The van der Waals surface area contributed by atoms with E-state index in [-0.39, 0.29) is 0 Å². The Morgan fingerprint density at radius 3 is 1.49 bits per heavy atom. The highest BCUT2D eigenvalue weighted by Crippen LogP contribution is 2.46. The number of fused-ring (bicyclic) bond motifs is 8. The summed E-state index contributed by atoms with van der Waals surface area (Å²) in [5.74, 6) is 0.881. The molecule has 4 heteroatoms. The molecule has 0 aliphatic rings. The third kappa shape index (κ3) is 6.34. The van der Waals surface area contributed by atoms with Gasteiger partial charge in [-0.1, -0.05) is 206 Å². The molecule has 4 nitrogen and oxygen atoms in total. The Kier molecular flexibility index (Phi) is 8.86. The summed E-state index contributed by atoms with van der Waals surface area (Å²) >= 11 is 0. The van der Waals surface area contributed by atoms with E-state index in [1.165, 1.54) is 60.0 Å². The molecule has 0 unspecified atom stereocenters. The molecule has 0 bridgehead atoms. The van der Waals surface area contributed by atoms with E-state index in [0.717, 1.165) is 77.8 Å². The smallest absolute Gasteiger partial charge is 0.145 e. The molecule has 14 rings (SSSR count). The highest BCUT2D eigenvalue weighted by molar-refractivity contribution is 6.24. The molecule has 0 amide bonds. The van der Waals surface area contributed by atoms with E-state index in [0.29, 0.717) is 0 Å². The highest BCUT2D eigenvalue weighted by atomic mass is 15.1. The van der Waals surface area contributed by atoms with Crippen molar-refractivity contribution in [3.63, 3.8) is 0 Å². The monoisotopic (exact) mass is 876 g/mol. The molecule has 0 aliphatic heterocycles. The number of rotatable bonds is 6. The van der Waals surface area contributed by atoms with Gasteiger partial charge in [0.25, 0.3) is 0 Å². The molecule has 0 radical (unpaired) electrons. The number of pyridine rings is 2. The van der Waals surface area contributed by atoms with Crippen LogP contribution in [0.3, 0.4) is 0 Å². The van der Waals surface area contributed by atoms with Gasteiger partial charge in [-0.2, -0.15) is 0 Å². The molecule has 0 saturated carbocycles. The van der Waals surface area contributed by atoms with Crippen LogP contribution in [0.15, 0.2) is 243 Å². The lowest BCUT2D eigenvalue weighted by molar-refractivity contribution is 1.11. The van der Waals surface area contributed by atoms with Gasteiger partial charge in [-0.15, -0.1) is 0 Å². The van der Waals surface area contributed by atoms with Gasteiger partial charge in [0, 0.05) is 32.8 Å². The van der Waals surface area contributed by atoms with Crippen LogP contribution in [-0.2, 0) is 0 Å². The van der Waals surface area contributed by atoms with Crippen molar-refractivity contribution in [3.8, 4) is 61.8 Å². The number of hydrogen-bond donors (Lipinski definition) is 0. The van der Waals surface area contributed by atoms with Crippen LogP contribution in [-0.4, -0.2) is 19.5 Å². The maximum absolute atomic E-state index is 5.33. The summed E-state index contributed by atoms with van der Waals surface area (Å²) in [7, 11) is 0. The van der Waals surface area contributed by atoms with Crippen LogP contribution < -0.4 is 0 Å². The minimum atomic E-state index is 0.881. The molecular weight excluding hydrogens is 837 g/mol. The Morgan fingerprint density at radius 2 is 0.797 bits per heavy atom. The Balaban J connectivity index is 0.890. The van der Waals surface area contributed by atoms with Gasteiger partial charge in [-0.05, 0) is 96.4 Å². The van der Waals surface area contributed by atoms with E-state index in [9.17, 15) is 0 Å². The van der Waals surface area contributed by atoms with Crippen molar-refractivity contribution in [2.24, 2.45) is 0 Å². The van der Waals surface area contributed by atoms with E-state index in [4.69, 9.17) is 15.0 Å². The molecule has 0 fully saturated rings. The molecule has 0 atom stereocenters. The summed E-state index contributed by atoms with van der Waals surface area (Å²) in [6, 6.07) is 87.0. The number of imidazole rings is 1. The first-order chi connectivity index (χ1) is 34.2. The molecule has 0 aliphatic carbocycles. The fraction of sp³-hybridized carbons (Fsp3) is 0. The van der Waals surface area contributed by atoms with Gasteiger partial charge in [-0.3, -0.25) is 4.57 Å². The SMILES string of the molecule is c1ccc(-c2c3ccccc3c(-c3ccc(-n4c(-c5ccc(-c6ccc7ccc8ccc(-c9ccc%10ccccc%10c9)nc8c7n6)cc5)nc5ccccc54)c4ccccc34)c3ccccc23)cc1. The van der Waals surface area contributed by atoms with Crippen LogP contribution in [0, 0.1) is 0 Å². The molecule has 11 aromatic carbocycles. The quantitative estimate of drug-likeness (QED) is 0.123. The first-order valence-electron chi connectivity index (χ1n) is 23.5. The minimum absolute atomic E-state index is 0.881. The second-order valence-electron chi connectivity index (χ2n) is 17.9. The van der Waals surface area contributed by atoms with Crippen molar-refractivity contribution in [2.75, 3.05) is 0 Å². The number of hydrogen-bond acceptors (Lipinski definition) is 3. The van der Waals surface area contributed by atoms with Gasteiger partial charge in [-0.25, -0.2) is 15.0 Å². The molecule has 0 N–H and O–H groups in total. The van der Waals surface area contributed by atoms with Crippen molar-refractivity contribution in [1.82, 2.24) is 19.5 Å². The second kappa shape index (κ2) is 15.7. The Morgan fingerprint density at radius 1 is 0.290 bits per heavy atom. The van der Waals surface area contributed by atoms with Crippen LogP contribution in [0.4, 0.5) is 0 Å². The molecule has 0 saturated heterocycles. The fourth-order valence-corrected chi connectivity index (χ4v) is 10.7. The Bertz CT molecular complexity index is 4300. The van der Waals surface area contributed by atoms with Crippen LogP contribution in [0.5, 0.6) is 0 Å². The van der Waals surface area contributed by atoms with Gasteiger partial charge in [0.1, 0.15) is 5.82 Å². The average Bonchev–Trinajstić information content (AvgIpc) is 3.81. The normalized spacial score (nSPS) is 11.8. The van der Waals surface area contributed by atoms with E-state index in [1.54, 1.807) is 0 Å². The number of para-hydroxylation sites is 2. The summed E-state index contributed by atoms with van der Waals surface area (Å²) in [5, 5.41) is 11.8. The zero-order valence-corrected chi connectivity index (χ0v) is 37.4. The van der Waals surface area contributed by atoms with Gasteiger partial charge < -0.3 is 0 Å². The molecule has 0 spiro atoms. The topological polar surface area (TPSA) is 43.6 Å². The van der Waals surface area contributed by atoms with E-state index < -0.39 is 0 Å². The summed E-state index contributed by atoms with van der Waals surface area (Å²) in [5.41, 5.74) is 14.7. The summed E-state index contributed by atoms with van der Waals surface area (Å²) < 4.78 is 2.34. The number of nitrogens with zero attached hydrogens (tertiary/aromatic N) is 4. The van der Waals surface area contributed by atoms with Crippen molar-refractivity contribution < 1.29 is 0 Å². The molecule has 320 valence electrons. The average molecular weight is 877 g/mol. The van der Waals surface area contributed by atoms with Gasteiger partial charge in [0.2, 0.25) is 0 Å². The fourth-order valence-electron chi connectivity index (χ4n) is 10.7. The van der Waals surface area contributed by atoms with Crippen molar-refractivity contribution >= 4 is 75.9 Å². The zero-order valence-electron chi connectivity index (χ0n) is 37.4. The maximum Gasteiger partial charge on any atom is 0.145 e. The highest BCUT2D eigenvalue weighted by Gasteiger charge is 2.22. The van der Waals surface area contributed by atoms with E-state index in [1.807, 2.05) is 0 Å². The van der Waals surface area contributed by atoms with Crippen LogP contribution in [0.2, 0.25) is 0 Å². The lowest BCUT2D eigenvalue weighted by Gasteiger charge is -2.20. The first-order valence-corrected chi connectivity index (χ1v) is 23.5. The largest absolute Gasteiger partial charge is 0.292 e. The van der Waals surface area contributed by atoms with Crippen LogP contribution >= 0.6 is 0 Å². The summed E-state index contributed by atoms with van der Waals surface area (Å²) in [6.07, 6.45) is 0. The lowest BCUT2D eigenvalue weighted by atomic mass is 9.84.